The van der Waals surface area contributed by atoms with E-state index in [0.29, 0.717) is 31.8 Å². The molecule has 3 aromatic carbocycles. The van der Waals surface area contributed by atoms with Crippen molar-refractivity contribution in [2.75, 3.05) is 14.2 Å². The number of hydrogen-bond donors (Lipinski definition) is 0. The Bertz CT molecular complexity index is 1880. The summed E-state index contributed by atoms with van der Waals surface area (Å²) in [6.07, 6.45) is 3.71. The lowest BCUT2D eigenvalue weighted by Crippen LogP contribution is -2.23. The fraction of sp³-hybridized carbons (Fsp3) is 0.0714. The summed E-state index contributed by atoms with van der Waals surface area (Å²) in [6, 6.07) is 22.6. The molecule has 0 aliphatic carbocycles. The number of ether oxygens (including phenoxy) is 2. The summed E-state index contributed by atoms with van der Waals surface area (Å²) in [5, 5.41) is 9.75. The molecule has 0 saturated carbocycles. The SMILES string of the molecule is COc1ccc(-c2nc3sc(=Cc4cn(-c5ccccc5)nc4-c4ccc(OC)c(Cl)c4)c(=O)n3n2)cc1. The molecule has 0 bridgehead atoms. The van der Waals surface area contributed by atoms with Crippen LogP contribution < -0.4 is 19.6 Å². The van der Waals surface area contributed by atoms with Crippen LogP contribution in [0.1, 0.15) is 5.56 Å². The summed E-state index contributed by atoms with van der Waals surface area (Å²) in [5.74, 6) is 1.79. The van der Waals surface area contributed by atoms with E-state index in [-0.39, 0.29) is 5.56 Å². The van der Waals surface area contributed by atoms with Crippen molar-refractivity contribution in [1.29, 1.82) is 0 Å². The fourth-order valence-electron chi connectivity index (χ4n) is 4.08. The Balaban J connectivity index is 1.46. The van der Waals surface area contributed by atoms with E-state index in [1.807, 2.05) is 72.9 Å². The summed E-state index contributed by atoms with van der Waals surface area (Å²) in [4.78, 5) is 18.4. The maximum Gasteiger partial charge on any atom is 0.291 e. The Kier molecular flexibility index (Phi) is 6.15. The minimum atomic E-state index is -0.247. The van der Waals surface area contributed by atoms with Crippen LogP contribution in [0.15, 0.2) is 83.8 Å². The number of hydrogen-bond acceptors (Lipinski definition) is 7. The van der Waals surface area contributed by atoms with Crippen molar-refractivity contribution in [3.05, 3.63) is 104 Å². The van der Waals surface area contributed by atoms with Gasteiger partial charge in [0.05, 0.1) is 29.5 Å². The molecule has 8 nitrogen and oxygen atoms in total. The summed E-state index contributed by atoms with van der Waals surface area (Å²) in [7, 11) is 3.18. The van der Waals surface area contributed by atoms with Gasteiger partial charge in [0, 0.05) is 22.9 Å². The molecule has 0 atom stereocenters. The normalized spacial score (nSPS) is 11.8. The first-order chi connectivity index (χ1) is 18.5. The van der Waals surface area contributed by atoms with Crippen molar-refractivity contribution >= 4 is 34.0 Å². The van der Waals surface area contributed by atoms with Crippen LogP contribution in [0.5, 0.6) is 11.5 Å². The van der Waals surface area contributed by atoms with Crippen molar-refractivity contribution in [2.24, 2.45) is 0 Å². The zero-order valence-electron chi connectivity index (χ0n) is 20.3. The molecule has 3 heterocycles. The average molecular weight is 542 g/mol. The summed E-state index contributed by atoms with van der Waals surface area (Å²) < 4.78 is 14.1. The third kappa shape index (κ3) is 4.31. The summed E-state index contributed by atoms with van der Waals surface area (Å²) in [6.45, 7) is 0. The van der Waals surface area contributed by atoms with Gasteiger partial charge in [-0.05, 0) is 60.7 Å². The first-order valence-electron chi connectivity index (χ1n) is 11.6. The number of para-hydroxylation sites is 1. The van der Waals surface area contributed by atoms with E-state index >= 15 is 0 Å². The summed E-state index contributed by atoms with van der Waals surface area (Å²) >= 11 is 7.69. The highest BCUT2D eigenvalue weighted by Crippen LogP contribution is 2.32. The number of nitrogens with zero attached hydrogens (tertiary/aromatic N) is 5. The van der Waals surface area contributed by atoms with E-state index in [2.05, 4.69) is 10.1 Å². The second-order valence-corrected chi connectivity index (χ2v) is 9.75. The maximum absolute atomic E-state index is 13.3. The smallest absolute Gasteiger partial charge is 0.291 e. The Labute approximate surface area is 226 Å². The zero-order chi connectivity index (χ0) is 26.2. The van der Waals surface area contributed by atoms with Gasteiger partial charge >= 0.3 is 0 Å². The van der Waals surface area contributed by atoms with Crippen LogP contribution in [0.3, 0.4) is 0 Å². The molecular formula is C28H20ClN5O3S. The van der Waals surface area contributed by atoms with Gasteiger partial charge in [0.25, 0.3) is 5.56 Å². The molecule has 0 saturated heterocycles. The zero-order valence-corrected chi connectivity index (χ0v) is 21.9. The minimum absolute atomic E-state index is 0.247. The van der Waals surface area contributed by atoms with Gasteiger partial charge in [-0.15, -0.1) is 5.10 Å². The van der Waals surface area contributed by atoms with Crippen molar-refractivity contribution in [3.8, 4) is 39.8 Å². The van der Waals surface area contributed by atoms with Crippen LogP contribution in [0.2, 0.25) is 5.02 Å². The molecule has 188 valence electrons. The van der Waals surface area contributed by atoms with Gasteiger partial charge in [-0.3, -0.25) is 4.79 Å². The van der Waals surface area contributed by atoms with Crippen molar-refractivity contribution in [2.45, 2.75) is 0 Å². The van der Waals surface area contributed by atoms with Crippen LogP contribution in [0.4, 0.5) is 0 Å². The molecule has 0 unspecified atom stereocenters. The molecule has 0 aliphatic rings. The number of benzene rings is 3. The van der Waals surface area contributed by atoms with E-state index in [1.165, 1.54) is 15.9 Å². The number of thiazole rings is 1. The van der Waals surface area contributed by atoms with Gasteiger partial charge in [0.2, 0.25) is 4.96 Å². The molecule has 6 rings (SSSR count). The molecule has 0 amide bonds. The van der Waals surface area contributed by atoms with E-state index in [1.54, 1.807) is 31.0 Å². The fourth-order valence-corrected chi connectivity index (χ4v) is 5.24. The van der Waals surface area contributed by atoms with Gasteiger partial charge in [0.1, 0.15) is 17.2 Å². The van der Waals surface area contributed by atoms with Gasteiger partial charge in [0.15, 0.2) is 5.82 Å². The van der Waals surface area contributed by atoms with Gasteiger partial charge < -0.3 is 9.47 Å². The predicted octanol–water partition coefficient (Wildman–Crippen LogP) is 4.89. The van der Waals surface area contributed by atoms with E-state index in [4.69, 9.17) is 26.2 Å². The maximum atomic E-state index is 13.3. The van der Waals surface area contributed by atoms with Crippen LogP contribution in [0.25, 0.3) is 39.4 Å². The molecule has 0 fully saturated rings. The second-order valence-electron chi connectivity index (χ2n) is 8.34. The van der Waals surface area contributed by atoms with Crippen LogP contribution in [-0.2, 0) is 0 Å². The average Bonchev–Trinajstić information content (AvgIpc) is 3.64. The van der Waals surface area contributed by atoms with E-state index < -0.39 is 0 Å². The number of rotatable bonds is 6. The van der Waals surface area contributed by atoms with Crippen LogP contribution >= 0.6 is 22.9 Å². The number of fused-ring (bicyclic) bond motifs is 1. The van der Waals surface area contributed by atoms with E-state index in [9.17, 15) is 4.79 Å². The Morgan fingerprint density at radius 3 is 2.37 bits per heavy atom. The van der Waals surface area contributed by atoms with Gasteiger partial charge in [-0.1, -0.05) is 41.1 Å². The highest BCUT2D eigenvalue weighted by Gasteiger charge is 2.16. The van der Waals surface area contributed by atoms with Gasteiger partial charge in [-0.2, -0.15) is 14.6 Å². The topological polar surface area (TPSA) is 83.5 Å². The highest BCUT2D eigenvalue weighted by molar-refractivity contribution is 7.15. The Hall–Kier alpha value is -4.47. The summed E-state index contributed by atoms with van der Waals surface area (Å²) in [5.41, 5.74) is 3.67. The molecular weight excluding hydrogens is 522 g/mol. The van der Waals surface area contributed by atoms with Crippen molar-refractivity contribution in [3.63, 3.8) is 0 Å². The molecule has 10 heteroatoms. The molecule has 0 N–H and O–H groups in total. The standard InChI is InChI=1S/C28H20ClN5O3S/c1-36-21-11-8-17(9-12-21)26-30-28-34(32-26)27(35)24(38-28)15-19-16-33(20-6-4-3-5-7-20)31-25(19)18-10-13-23(37-2)22(29)14-18/h3-16H,1-2H3. The van der Waals surface area contributed by atoms with Crippen LogP contribution in [0, 0.1) is 0 Å². The minimum Gasteiger partial charge on any atom is -0.497 e. The molecule has 3 aromatic heterocycles. The molecule has 0 aliphatic heterocycles. The van der Waals surface area contributed by atoms with E-state index in [0.717, 1.165) is 28.1 Å². The monoisotopic (exact) mass is 541 g/mol. The quantitative estimate of drug-likeness (QED) is 0.298. The van der Waals surface area contributed by atoms with Crippen molar-refractivity contribution < 1.29 is 9.47 Å². The van der Waals surface area contributed by atoms with Gasteiger partial charge in [-0.25, -0.2) is 4.68 Å². The predicted molar refractivity (Wildman–Crippen MR) is 148 cm³/mol. The Morgan fingerprint density at radius 2 is 1.68 bits per heavy atom. The molecule has 0 radical (unpaired) electrons. The highest BCUT2D eigenvalue weighted by atomic mass is 35.5. The first-order valence-corrected chi connectivity index (χ1v) is 12.8. The second kappa shape index (κ2) is 9.77. The number of halogens is 1. The lowest BCUT2D eigenvalue weighted by Gasteiger charge is -2.05. The Morgan fingerprint density at radius 1 is 0.921 bits per heavy atom. The molecule has 0 spiro atoms. The third-order valence-electron chi connectivity index (χ3n) is 6.01. The largest absolute Gasteiger partial charge is 0.497 e. The van der Waals surface area contributed by atoms with Crippen molar-refractivity contribution in [1.82, 2.24) is 24.4 Å². The van der Waals surface area contributed by atoms with Crippen LogP contribution in [-0.4, -0.2) is 38.6 Å². The lowest BCUT2D eigenvalue weighted by atomic mass is 10.1. The number of methoxy groups -OCH3 is 2. The third-order valence-corrected chi connectivity index (χ3v) is 7.26. The first kappa shape index (κ1) is 23.9. The number of aromatic nitrogens is 5. The molecule has 6 aromatic rings. The lowest BCUT2D eigenvalue weighted by molar-refractivity contribution is 0.415. The molecule has 38 heavy (non-hydrogen) atoms.